The number of aliphatic hydroxyl groups excluding tert-OH is 2. The average Bonchev–Trinajstić information content (AvgIpc) is 3.79. The summed E-state index contributed by atoms with van der Waals surface area (Å²) in [5.41, 5.74) is 5.53. The van der Waals surface area contributed by atoms with E-state index < -0.39 is 18.0 Å². The van der Waals surface area contributed by atoms with Crippen molar-refractivity contribution in [2.24, 2.45) is 0 Å². The number of rotatable bonds is 8. The minimum absolute atomic E-state index is 0.0149. The van der Waals surface area contributed by atoms with Gasteiger partial charge in [0, 0.05) is 41.8 Å². The highest BCUT2D eigenvalue weighted by Gasteiger charge is 2.32. The van der Waals surface area contributed by atoms with Crippen molar-refractivity contribution in [1.29, 1.82) is 0 Å². The van der Waals surface area contributed by atoms with Crippen LogP contribution in [0.5, 0.6) is 0 Å². The Morgan fingerprint density at radius 1 is 0.979 bits per heavy atom. The van der Waals surface area contributed by atoms with Gasteiger partial charge in [-0.15, -0.1) is 11.3 Å². The number of hydrazine groups is 1. The normalized spacial score (nSPS) is 18.3. The van der Waals surface area contributed by atoms with Crippen molar-refractivity contribution in [3.05, 3.63) is 91.9 Å². The van der Waals surface area contributed by atoms with Crippen LogP contribution in [0.15, 0.2) is 54.6 Å². The van der Waals surface area contributed by atoms with Crippen LogP contribution in [0.25, 0.3) is 16.3 Å². The molecule has 13 heteroatoms. The largest absolute Gasteiger partial charge is 0.416 e. The van der Waals surface area contributed by atoms with Crippen LogP contribution >= 0.6 is 34.5 Å². The van der Waals surface area contributed by atoms with E-state index in [1.54, 1.807) is 22.9 Å². The van der Waals surface area contributed by atoms with Crippen molar-refractivity contribution < 1.29 is 23.4 Å². The number of aromatic nitrogens is 2. The zero-order chi connectivity index (χ0) is 33.1. The zero-order valence-corrected chi connectivity index (χ0v) is 27.7. The molecular formula is C34H34Cl2F3N5O2S. The maximum Gasteiger partial charge on any atom is 0.416 e. The van der Waals surface area contributed by atoms with E-state index in [2.05, 4.69) is 22.2 Å². The third-order valence-corrected chi connectivity index (χ3v) is 10.1. The third-order valence-electron chi connectivity index (χ3n) is 8.53. The van der Waals surface area contributed by atoms with Gasteiger partial charge in [-0.2, -0.15) is 18.3 Å². The molecule has 4 heterocycles. The Hall–Kier alpha value is -2.92. The number of alkyl halides is 3. The Morgan fingerprint density at radius 3 is 2.45 bits per heavy atom. The first-order valence-corrected chi connectivity index (χ1v) is 17.1. The van der Waals surface area contributed by atoms with Gasteiger partial charge in [-0.1, -0.05) is 41.5 Å². The van der Waals surface area contributed by atoms with Gasteiger partial charge in [-0.25, -0.2) is 15.1 Å². The van der Waals surface area contributed by atoms with E-state index in [1.807, 2.05) is 17.1 Å². The van der Waals surface area contributed by atoms with E-state index in [0.717, 1.165) is 80.0 Å². The molecule has 7 nitrogen and oxygen atoms in total. The van der Waals surface area contributed by atoms with Crippen LogP contribution in [0, 0.1) is 11.8 Å². The second-order valence-electron chi connectivity index (χ2n) is 11.7. The molecule has 0 amide bonds. The molecule has 2 aliphatic rings. The molecule has 2 aromatic heterocycles. The quantitative estimate of drug-likeness (QED) is 0.133. The van der Waals surface area contributed by atoms with Gasteiger partial charge in [-0.05, 0) is 86.8 Å². The molecule has 6 rings (SSSR count). The van der Waals surface area contributed by atoms with Crippen molar-refractivity contribution in [3.63, 3.8) is 0 Å². The van der Waals surface area contributed by atoms with Gasteiger partial charge in [0.1, 0.15) is 5.69 Å². The predicted octanol–water partition coefficient (Wildman–Crippen LogP) is 7.26. The lowest BCUT2D eigenvalue weighted by Gasteiger charge is -2.29. The van der Waals surface area contributed by atoms with E-state index in [1.165, 1.54) is 23.5 Å². The number of nitrogens with one attached hydrogen (secondary N) is 1. The molecule has 0 bridgehead atoms. The Kier molecular flexibility index (Phi) is 10.6. The van der Waals surface area contributed by atoms with Crippen LogP contribution in [0.1, 0.15) is 65.6 Å². The summed E-state index contributed by atoms with van der Waals surface area (Å²) in [7, 11) is 0. The highest BCUT2D eigenvalue weighted by atomic mass is 35.5. The lowest BCUT2D eigenvalue weighted by atomic mass is 10.1. The number of likely N-dealkylation sites (tertiary alicyclic amines) is 1. The summed E-state index contributed by atoms with van der Waals surface area (Å²) in [5.74, 6) is 6.05. The number of hydrogen-bond acceptors (Lipinski definition) is 7. The van der Waals surface area contributed by atoms with Crippen LogP contribution in [-0.2, 0) is 12.7 Å². The minimum Gasteiger partial charge on any atom is -0.395 e. The van der Waals surface area contributed by atoms with Gasteiger partial charge < -0.3 is 10.2 Å². The first kappa shape index (κ1) is 34.0. The second kappa shape index (κ2) is 14.7. The monoisotopic (exact) mass is 703 g/mol. The van der Waals surface area contributed by atoms with Crippen LogP contribution in [0.3, 0.4) is 0 Å². The molecule has 2 aromatic carbocycles. The topological polar surface area (TPSA) is 76.8 Å². The standard InChI is InChI=1S/C34H34Cl2F3N5O2S/c35-24-11-14-29(28(36)19-24)44-32(30-15-13-26(47-30)12-8-22-6-9-23(10-7-22)34(37,38)39)27(20-42-16-4-5-25(42)21-45)31(40-44)33(46)41-43-17-2-1-3-18-43/h6-7,9-11,13-15,19,25,33,41,45-46H,1-5,16-18,20-21H2/t25-,33?/m1/s1. The fraction of sp³-hybridized carbons (Fsp3) is 0.382. The van der Waals surface area contributed by atoms with Crippen LogP contribution in [0.2, 0.25) is 10.0 Å². The van der Waals surface area contributed by atoms with E-state index >= 15 is 0 Å². The van der Waals surface area contributed by atoms with Crippen molar-refractivity contribution in [3.8, 4) is 28.1 Å². The third kappa shape index (κ3) is 7.88. The number of hydrogen-bond donors (Lipinski definition) is 3. The summed E-state index contributed by atoms with van der Waals surface area (Å²) in [6, 6.07) is 13.7. The summed E-state index contributed by atoms with van der Waals surface area (Å²) in [4.78, 5) is 3.72. The van der Waals surface area contributed by atoms with Gasteiger partial charge in [0.2, 0.25) is 0 Å². The van der Waals surface area contributed by atoms with Gasteiger partial charge in [0.05, 0.1) is 38.3 Å². The molecule has 0 spiro atoms. The van der Waals surface area contributed by atoms with Crippen LogP contribution in [0.4, 0.5) is 13.2 Å². The summed E-state index contributed by atoms with van der Waals surface area (Å²) in [6.07, 6.45) is -0.491. The Morgan fingerprint density at radius 2 is 1.74 bits per heavy atom. The maximum atomic E-state index is 13.0. The molecule has 248 valence electrons. The van der Waals surface area contributed by atoms with Crippen LogP contribution in [-0.4, -0.2) is 62.2 Å². The molecule has 2 fully saturated rings. The maximum absolute atomic E-state index is 13.0. The molecular weight excluding hydrogens is 670 g/mol. The highest BCUT2D eigenvalue weighted by Crippen LogP contribution is 2.39. The van der Waals surface area contributed by atoms with Gasteiger partial charge in [0.25, 0.3) is 0 Å². The predicted molar refractivity (Wildman–Crippen MR) is 178 cm³/mol. The van der Waals surface area contributed by atoms with E-state index in [0.29, 0.717) is 38.4 Å². The molecule has 1 unspecified atom stereocenters. The van der Waals surface area contributed by atoms with Gasteiger partial charge >= 0.3 is 6.18 Å². The number of piperidine rings is 1. The van der Waals surface area contributed by atoms with E-state index in [4.69, 9.17) is 28.3 Å². The van der Waals surface area contributed by atoms with E-state index in [-0.39, 0.29) is 12.6 Å². The van der Waals surface area contributed by atoms with E-state index in [9.17, 15) is 23.4 Å². The number of nitrogens with zero attached hydrogens (tertiary/aromatic N) is 4. The fourth-order valence-electron chi connectivity index (χ4n) is 6.10. The van der Waals surface area contributed by atoms with Gasteiger partial charge in [-0.3, -0.25) is 4.90 Å². The number of halogens is 5. The fourth-order valence-corrected chi connectivity index (χ4v) is 7.51. The summed E-state index contributed by atoms with van der Waals surface area (Å²) >= 11 is 14.4. The first-order chi connectivity index (χ1) is 22.6. The molecule has 47 heavy (non-hydrogen) atoms. The lowest BCUT2D eigenvalue weighted by Crippen LogP contribution is -2.44. The molecule has 2 aliphatic heterocycles. The Labute approximate surface area is 285 Å². The lowest BCUT2D eigenvalue weighted by molar-refractivity contribution is -0.137. The van der Waals surface area contributed by atoms with Crippen LogP contribution < -0.4 is 5.43 Å². The summed E-state index contributed by atoms with van der Waals surface area (Å²) in [6.45, 7) is 2.88. The SMILES string of the molecule is OC[C@H]1CCCN1Cc1c(C(O)NN2CCCCC2)nn(-c2ccc(Cl)cc2Cl)c1-c1ccc(C#Cc2ccc(C(F)(F)F)cc2)s1. The second-order valence-corrected chi connectivity index (χ2v) is 13.7. The smallest absolute Gasteiger partial charge is 0.395 e. The molecule has 3 N–H and O–H groups in total. The average molecular weight is 705 g/mol. The molecule has 4 aromatic rings. The first-order valence-electron chi connectivity index (χ1n) is 15.5. The summed E-state index contributed by atoms with van der Waals surface area (Å²) < 4.78 is 40.8. The van der Waals surface area contributed by atoms with Crippen molar-refractivity contribution in [2.45, 2.75) is 57.1 Å². The molecule has 0 radical (unpaired) electrons. The zero-order valence-electron chi connectivity index (χ0n) is 25.4. The Bertz CT molecular complexity index is 1760. The van der Waals surface area contributed by atoms with Crippen molar-refractivity contribution in [2.75, 3.05) is 26.2 Å². The highest BCUT2D eigenvalue weighted by molar-refractivity contribution is 7.16. The molecule has 2 saturated heterocycles. The molecule has 2 atom stereocenters. The molecule has 0 aliphatic carbocycles. The summed E-state index contributed by atoms with van der Waals surface area (Å²) in [5, 5.41) is 29.6. The number of thiophene rings is 1. The van der Waals surface area contributed by atoms with Gasteiger partial charge in [0.15, 0.2) is 6.23 Å². The van der Waals surface area contributed by atoms with Crippen molar-refractivity contribution >= 4 is 34.5 Å². The minimum atomic E-state index is -4.41. The number of benzene rings is 2. The van der Waals surface area contributed by atoms with Crippen molar-refractivity contribution in [1.82, 2.24) is 25.1 Å². The number of aliphatic hydroxyl groups is 2. The Balaban J connectivity index is 1.43. The molecule has 0 saturated carbocycles.